The molecular weight excluding hydrogens is 178 g/mol. The van der Waals surface area contributed by atoms with E-state index in [2.05, 4.69) is 13.8 Å². The summed E-state index contributed by atoms with van der Waals surface area (Å²) in [6.45, 7) is 5.61. The van der Waals surface area contributed by atoms with Gasteiger partial charge in [-0.15, -0.1) is 0 Å². The lowest BCUT2D eigenvalue weighted by atomic mass is 9.90. The molecule has 0 fully saturated rings. The van der Waals surface area contributed by atoms with Crippen molar-refractivity contribution in [2.45, 2.75) is 26.8 Å². The summed E-state index contributed by atoms with van der Waals surface area (Å²) in [5.74, 6) is 0. The number of rotatable bonds is 4. The molecule has 0 aliphatic heterocycles. The molecule has 1 heterocycles. The molecule has 4 heteroatoms. The first kappa shape index (κ1) is 11.0. The van der Waals surface area contributed by atoms with Crippen LogP contribution in [-0.4, -0.2) is 15.7 Å². The smallest absolute Gasteiger partial charge is 0.327 e. The molecule has 4 nitrogen and oxygen atoms in total. The van der Waals surface area contributed by atoms with Crippen molar-refractivity contribution in [2.24, 2.45) is 18.2 Å². The van der Waals surface area contributed by atoms with E-state index >= 15 is 0 Å². The van der Waals surface area contributed by atoms with E-state index in [1.807, 2.05) is 6.20 Å². The zero-order valence-electron chi connectivity index (χ0n) is 9.16. The first-order chi connectivity index (χ1) is 6.46. The number of aryl methyl sites for hydroxylation is 2. The van der Waals surface area contributed by atoms with Crippen molar-refractivity contribution in [1.82, 2.24) is 9.13 Å². The van der Waals surface area contributed by atoms with Gasteiger partial charge in [-0.2, -0.15) is 0 Å². The maximum absolute atomic E-state index is 11.5. The van der Waals surface area contributed by atoms with Gasteiger partial charge >= 0.3 is 5.69 Å². The maximum Gasteiger partial charge on any atom is 0.327 e. The summed E-state index contributed by atoms with van der Waals surface area (Å²) >= 11 is 0. The molecule has 0 atom stereocenters. The van der Waals surface area contributed by atoms with Gasteiger partial charge < -0.3 is 10.3 Å². The molecule has 0 saturated carbocycles. The number of aromatic nitrogens is 2. The molecular formula is C10H19N3O. The zero-order chi connectivity index (χ0) is 10.8. The van der Waals surface area contributed by atoms with Gasteiger partial charge in [-0.3, -0.25) is 4.57 Å². The summed E-state index contributed by atoms with van der Waals surface area (Å²) in [6, 6.07) is 0. The Morgan fingerprint density at radius 1 is 1.43 bits per heavy atom. The van der Waals surface area contributed by atoms with Crippen molar-refractivity contribution in [3.8, 4) is 0 Å². The van der Waals surface area contributed by atoms with Crippen molar-refractivity contribution >= 4 is 0 Å². The van der Waals surface area contributed by atoms with Crippen LogP contribution in [0.5, 0.6) is 0 Å². The summed E-state index contributed by atoms with van der Waals surface area (Å²) in [5.41, 5.74) is 5.77. The number of nitrogens with zero attached hydrogens (tertiary/aromatic N) is 2. The van der Waals surface area contributed by atoms with Crippen molar-refractivity contribution in [3.05, 3.63) is 22.9 Å². The Balaban J connectivity index is 2.63. The van der Waals surface area contributed by atoms with E-state index in [1.54, 1.807) is 22.4 Å². The Labute approximate surface area is 84.3 Å². The Hall–Kier alpha value is -1.03. The maximum atomic E-state index is 11.5. The molecule has 0 bridgehead atoms. The molecule has 0 unspecified atom stereocenters. The van der Waals surface area contributed by atoms with Crippen LogP contribution in [0, 0.1) is 5.41 Å². The number of hydrogen-bond donors (Lipinski definition) is 1. The average Bonchev–Trinajstić information content (AvgIpc) is 2.45. The van der Waals surface area contributed by atoms with Crippen LogP contribution in [-0.2, 0) is 13.6 Å². The minimum absolute atomic E-state index is 0.0396. The highest BCUT2D eigenvalue weighted by molar-refractivity contribution is 4.81. The minimum Gasteiger partial charge on any atom is -0.330 e. The molecule has 0 amide bonds. The Morgan fingerprint density at radius 2 is 2.07 bits per heavy atom. The Bertz CT molecular complexity index is 348. The van der Waals surface area contributed by atoms with Crippen LogP contribution >= 0.6 is 0 Å². The number of nitrogens with two attached hydrogens (primary N) is 1. The highest BCUT2D eigenvalue weighted by Crippen LogP contribution is 2.18. The summed E-state index contributed by atoms with van der Waals surface area (Å²) in [7, 11) is 1.76. The molecule has 0 aromatic carbocycles. The first-order valence-electron chi connectivity index (χ1n) is 4.88. The molecule has 80 valence electrons. The van der Waals surface area contributed by atoms with Crippen LogP contribution in [0.4, 0.5) is 0 Å². The van der Waals surface area contributed by atoms with Gasteiger partial charge in [0.05, 0.1) is 0 Å². The normalized spacial score (nSPS) is 12.0. The van der Waals surface area contributed by atoms with E-state index in [0.717, 1.165) is 13.0 Å². The van der Waals surface area contributed by atoms with Gasteiger partial charge in [0.25, 0.3) is 0 Å². The highest BCUT2D eigenvalue weighted by Gasteiger charge is 2.15. The van der Waals surface area contributed by atoms with Crippen LogP contribution in [0.15, 0.2) is 17.2 Å². The van der Waals surface area contributed by atoms with Crippen LogP contribution in [0.1, 0.15) is 20.3 Å². The molecule has 0 spiro atoms. The van der Waals surface area contributed by atoms with E-state index in [-0.39, 0.29) is 11.1 Å². The lowest BCUT2D eigenvalue weighted by Gasteiger charge is -2.21. The number of hydrogen-bond acceptors (Lipinski definition) is 2. The molecule has 1 rings (SSSR count). The van der Waals surface area contributed by atoms with Gasteiger partial charge in [0.15, 0.2) is 0 Å². The first-order valence-corrected chi connectivity index (χ1v) is 4.88. The third-order valence-corrected chi connectivity index (χ3v) is 2.60. The van der Waals surface area contributed by atoms with E-state index in [4.69, 9.17) is 5.73 Å². The molecule has 0 aliphatic rings. The molecule has 0 radical (unpaired) electrons. The van der Waals surface area contributed by atoms with Gasteiger partial charge in [-0.25, -0.2) is 4.79 Å². The van der Waals surface area contributed by atoms with E-state index in [0.29, 0.717) is 6.54 Å². The number of imidazole rings is 1. The lowest BCUT2D eigenvalue weighted by Crippen LogP contribution is -2.28. The summed E-state index contributed by atoms with van der Waals surface area (Å²) in [4.78, 5) is 11.5. The van der Waals surface area contributed by atoms with Crippen molar-refractivity contribution in [3.63, 3.8) is 0 Å². The summed E-state index contributed by atoms with van der Waals surface area (Å²) < 4.78 is 3.30. The van der Waals surface area contributed by atoms with Crippen molar-refractivity contribution < 1.29 is 0 Å². The predicted molar refractivity (Wildman–Crippen MR) is 57.1 cm³/mol. The molecule has 1 aromatic rings. The third-order valence-electron chi connectivity index (χ3n) is 2.60. The predicted octanol–water partition coefficient (Wildman–Crippen LogP) is 0.562. The van der Waals surface area contributed by atoms with Crippen LogP contribution in [0.2, 0.25) is 0 Å². The third kappa shape index (κ3) is 2.48. The molecule has 1 aromatic heterocycles. The second-order valence-electron chi connectivity index (χ2n) is 4.50. The van der Waals surface area contributed by atoms with E-state index in [1.165, 1.54) is 0 Å². The fourth-order valence-corrected chi connectivity index (χ4v) is 1.21. The Morgan fingerprint density at radius 3 is 2.50 bits per heavy atom. The highest BCUT2D eigenvalue weighted by atomic mass is 16.1. The monoisotopic (exact) mass is 197 g/mol. The van der Waals surface area contributed by atoms with Crippen LogP contribution in [0.3, 0.4) is 0 Å². The second-order valence-corrected chi connectivity index (χ2v) is 4.50. The van der Waals surface area contributed by atoms with Gasteiger partial charge in [0.1, 0.15) is 0 Å². The fraction of sp³-hybridized carbons (Fsp3) is 0.700. The van der Waals surface area contributed by atoms with Crippen LogP contribution < -0.4 is 11.4 Å². The Kier molecular flexibility index (Phi) is 3.16. The molecule has 14 heavy (non-hydrogen) atoms. The van der Waals surface area contributed by atoms with Crippen molar-refractivity contribution in [1.29, 1.82) is 0 Å². The van der Waals surface area contributed by atoms with Gasteiger partial charge in [-0.1, -0.05) is 13.8 Å². The SMILES string of the molecule is Cn1ccn(CCC(C)(C)CN)c1=O. The van der Waals surface area contributed by atoms with Gasteiger partial charge in [0.2, 0.25) is 0 Å². The lowest BCUT2D eigenvalue weighted by molar-refractivity contribution is 0.322. The average molecular weight is 197 g/mol. The van der Waals surface area contributed by atoms with E-state index in [9.17, 15) is 4.79 Å². The van der Waals surface area contributed by atoms with E-state index < -0.39 is 0 Å². The van der Waals surface area contributed by atoms with Gasteiger partial charge in [0, 0.05) is 26.0 Å². The second kappa shape index (κ2) is 4.00. The minimum atomic E-state index is 0.0396. The molecule has 0 saturated heterocycles. The van der Waals surface area contributed by atoms with Crippen LogP contribution in [0.25, 0.3) is 0 Å². The quantitative estimate of drug-likeness (QED) is 0.767. The zero-order valence-corrected chi connectivity index (χ0v) is 9.16. The summed E-state index contributed by atoms with van der Waals surface area (Å²) in [5, 5.41) is 0. The van der Waals surface area contributed by atoms with Gasteiger partial charge in [-0.05, 0) is 18.4 Å². The van der Waals surface area contributed by atoms with Crippen molar-refractivity contribution in [2.75, 3.05) is 6.54 Å². The topological polar surface area (TPSA) is 52.9 Å². The molecule has 2 N–H and O–H groups in total. The molecule has 0 aliphatic carbocycles. The standard InChI is InChI=1S/C10H19N3O/c1-10(2,8-11)4-5-13-7-6-12(3)9(13)14/h6-7H,4-5,8,11H2,1-3H3. The summed E-state index contributed by atoms with van der Waals surface area (Å²) in [6.07, 6.45) is 4.51. The fourth-order valence-electron chi connectivity index (χ4n) is 1.21. The largest absolute Gasteiger partial charge is 0.330 e.